The van der Waals surface area contributed by atoms with Gasteiger partial charge < -0.3 is 14.7 Å². The molecule has 0 aromatic carbocycles. The van der Waals surface area contributed by atoms with E-state index in [-0.39, 0.29) is 18.8 Å². The first-order valence-electron chi connectivity index (χ1n) is 9.98. The van der Waals surface area contributed by atoms with E-state index in [0.717, 1.165) is 57.1 Å². The fraction of sp³-hybridized carbons (Fsp3) is 0.895. The lowest BCUT2D eigenvalue weighted by Crippen LogP contribution is -2.32. The van der Waals surface area contributed by atoms with E-state index in [4.69, 9.17) is 4.74 Å². The highest BCUT2D eigenvalue weighted by Gasteiger charge is 2.28. The van der Waals surface area contributed by atoms with Crippen molar-refractivity contribution in [2.45, 2.75) is 85.0 Å². The Morgan fingerprint density at radius 2 is 1.88 bits per heavy atom. The highest BCUT2D eigenvalue weighted by Crippen LogP contribution is 2.27. The molecule has 1 aliphatic rings. The second-order valence-electron chi connectivity index (χ2n) is 7.47. The first-order chi connectivity index (χ1) is 12.0. The molecule has 1 aromatic rings. The van der Waals surface area contributed by atoms with Crippen molar-refractivity contribution >= 4 is 5.95 Å². The summed E-state index contributed by atoms with van der Waals surface area (Å²) in [6, 6.07) is 0. The minimum Gasteiger partial charge on any atom is -0.394 e. The quantitative estimate of drug-likeness (QED) is 0.700. The van der Waals surface area contributed by atoms with Gasteiger partial charge in [-0.2, -0.15) is 0 Å². The Balaban J connectivity index is 2.25. The lowest BCUT2D eigenvalue weighted by atomic mass is 10.1. The molecule has 1 fully saturated rings. The zero-order chi connectivity index (χ0) is 18.4. The molecule has 2 heterocycles. The highest BCUT2D eigenvalue weighted by atomic mass is 16.5. The van der Waals surface area contributed by atoms with Crippen LogP contribution < -0.4 is 4.90 Å². The fourth-order valence-electron chi connectivity index (χ4n) is 3.37. The molecule has 0 amide bonds. The minimum absolute atomic E-state index is 0.0145. The number of rotatable bonds is 10. The monoisotopic (exact) mass is 352 g/mol. The largest absolute Gasteiger partial charge is 0.394 e. The number of aliphatic hydroxyl groups excluding tert-OH is 1. The van der Waals surface area contributed by atoms with Crippen molar-refractivity contribution < 1.29 is 9.84 Å². The van der Waals surface area contributed by atoms with Crippen LogP contribution in [0.4, 0.5) is 5.95 Å². The van der Waals surface area contributed by atoms with Crippen molar-refractivity contribution in [1.29, 1.82) is 0 Å². The Hall–Kier alpha value is -1.14. The first kappa shape index (κ1) is 20.2. The summed E-state index contributed by atoms with van der Waals surface area (Å²) in [6.45, 7) is 13.9. The molecule has 0 bridgehead atoms. The molecule has 2 unspecified atom stereocenters. The molecule has 2 rings (SSSR count). The Labute approximate surface area is 152 Å². The van der Waals surface area contributed by atoms with E-state index in [0.29, 0.717) is 11.8 Å². The van der Waals surface area contributed by atoms with E-state index in [1.807, 2.05) is 0 Å². The molecule has 1 aromatic heterocycles. The summed E-state index contributed by atoms with van der Waals surface area (Å²) < 4.78 is 8.25. The van der Waals surface area contributed by atoms with Crippen molar-refractivity contribution in [3.05, 3.63) is 5.82 Å². The summed E-state index contributed by atoms with van der Waals surface area (Å²) >= 11 is 0. The van der Waals surface area contributed by atoms with Crippen LogP contribution in [-0.2, 0) is 11.3 Å². The van der Waals surface area contributed by atoms with Crippen LogP contribution in [0.1, 0.15) is 72.0 Å². The summed E-state index contributed by atoms with van der Waals surface area (Å²) in [5.74, 6) is 3.02. The van der Waals surface area contributed by atoms with Crippen LogP contribution in [0, 0.1) is 5.92 Å². The van der Waals surface area contributed by atoms with Crippen LogP contribution in [0.3, 0.4) is 0 Å². The molecular weight excluding hydrogens is 316 g/mol. The van der Waals surface area contributed by atoms with Crippen molar-refractivity contribution in [1.82, 2.24) is 14.8 Å². The van der Waals surface area contributed by atoms with Crippen LogP contribution in [-0.4, -0.2) is 51.8 Å². The van der Waals surface area contributed by atoms with Crippen LogP contribution >= 0.6 is 0 Å². The minimum atomic E-state index is -0.0145. The number of aromatic nitrogens is 3. The van der Waals surface area contributed by atoms with Crippen molar-refractivity contribution in [3.8, 4) is 0 Å². The molecule has 144 valence electrons. The molecule has 1 N–H and O–H groups in total. The number of nitrogens with zero attached hydrogens (tertiary/aromatic N) is 4. The standard InChI is InChI=1S/C19H36N4O2/c1-6-14(4)11-22(8-3)19-21-20-18(15(5)7-2)23(19)12-16-9-10-17(13-24)25-16/h14-17,24H,6-13H2,1-5H3/t14?,15?,16-,17+/m0/s1. The average molecular weight is 353 g/mol. The maximum absolute atomic E-state index is 9.33. The van der Waals surface area contributed by atoms with Crippen LogP contribution in [0.15, 0.2) is 0 Å². The van der Waals surface area contributed by atoms with Gasteiger partial charge in [0.25, 0.3) is 0 Å². The number of hydrogen-bond acceptors (Lipinski definition) is 5. The molecule has 6 nitrogen and oxygen atoms in total. The molecule has 0 radical (unpaired) electrons. The second kappa shape index (κ2) is 9.53. The second-order valence-corrected chi connectivity index (χ2v) is 7.47. The summed E-state index contributed by atoms with van der Waals surface area (Å²) in [6.07, 6.45) is 4.24. The maximum Gasteiger partial charge on any atom is 0.227 e. The normalized spacial score (nSPS) is 23.0. The van der Waals surface area contributed by atoms with Crippen LogP contribution in [0.25, 0.3) is 0 Å². The first-order valence-corrected chi connectivity index (χ1v) is 9.98. The van der Waals surface area contributed by atoms with Gasteiger partial charge in [-0.25, -0.2) is 0 Å². The molecule has 1 saturated heterocycles. The number of hydrogen-bond donors (Lipinski definition) is 1. The molecule has 4 atom stereocenters. The average Bonchev–Trinajstić information content (AvgIpc) is 3.26. The van der Waals surface area contributed by atoms with Gasteiger partial charge in [0.05, 0.1) is 25.4 Å². The Kier molecular flexibility index (Phi) is 7.69. The molecule has 0 aliphatic carbocycles. The van der Waals surface area contributed by atoms with E-state index in [2.05, 4.69) is 54.3 Å². The number of aliphatic hydroxyl groups is 1. The topological polar surface area (TPSA) is 63.4 Å². The van der Waals surface area contributed by atoms with E-state index < -0.39 is 0 Å². The number of ether oxygens (including phenoxy) is 1. The third-order valence-corrected chi connectivity index (χ3v) is 5.49. The predicted molar refractivity (Wildman–Crippen MR) is 101 cm³/mol. The molecule has 1 aliphatic heterocycles. The molecule has 0 saturated carbocycles. The van der Waals surface area contributed by atoms with Gasteiger partial charge in [-0.3, -0.25) is 4.57 Å². The highest BCUT2D eigenvalue weighted by molar-refractivity contribution is 5.32. The molecule has 25 heavy (non-hydrogen) atoms. The SMILES string of the molecule is CCC(C)CN(CC)c1nnc(C(C)CC)n1C[C@@H]1CC[C@H](CO)O1. The van der Waals surface area contributed by atoms with E-state index in [1.54, 1.807) is 0 Å². The van der Waals surface area contributed by atoms with Gasteiger partial charge in [-0.05, 0) is 32.1 Å². The van der Waals surface area contributed by atoms with Crippen molar-refractivity contribution in [2.75, 3.05) is 24.6 Å². The molecule has 0 spiro atoms. The van der Waals surface area contributed by atoms with E-state index >= 15 is 0 Å². The maximum atomic E-state index is 9.33. The Morgan fingerprint density at radius 1 is 1.16 bits per heavy atom. The zero-order valence-electron chi connectivity index (χ0n) is 16.6. The third-order valence-electron chi connectivity index (χ3n) is 5.49. The smallest absolute Gasteiger partial charge is 0.227 e. The fourth-order valence-corrected chi connectivity index (χ4v) is 3.37. The van der Waals surface area contributed by atoms with Crippen molar-refractivity contribution in [3.63, 3.8) is 0 Å². The third kappa shape index (κ3) is 4.94. The number of anilines is 1. The summed E-state index contributed by atoms with van der Waals surface area (Å²) in [5, 5.41) is 18.4. The Bertz CT molecular complexity index is 520. The van der Waals surface area contributed by atoms with Gasteiger partial charge in [-0.15, -0.1) is 10.2 Å². The van der Waals surface area contributed by atoms with Crippen LogP contribution in [0.2, 0.25) is 0 Å². The summed E-state index contributed by atoms with van der Waals surface area (Å²) in [5.41, 5.74) is 0. The molecular formula is C19H36N4O2. The van der Waals surface area contributed by atoms with Gasteiger partial charge in [0.1, 0.15) is 5.82 Å². The van der Waals surface area contributed by atoms with Gasteiger partial charge in [-0.1, -0.05) is 34.1 Å². The van der Waals surface area contributed by atoms with Gasteiger partial charge in [0.2, 0.25) is 5.95 Å². The van der Waals surface area contributed by atoms with Gasteiger partial charge in [0, 0.05) is 19.0 Å². The summed E-state index contributed by atoms with van der Waals surface area (Å²) in [4.78, 5) is 2.34. The van der Waals surface area contributed by atoms with Gasteiger partial charge in [0.15, 0.2) is 0 Å². The van der Waals surface area contributed by atoms with Crippen molar-refractivity contribution in [2.24, 2.45) is 5.92 Å². The van der Waals surface area contributed by atoms with Gasteiger partial charge >= 0.3 is 0 Å². The lowest BCUT2D eigenvalue weighted by molar-refractivity contribution is 0.00470. The predicted octanol–water partition coefficient (Wildman–Crippen LogP) is 3.20. The summed E-state index contributed by atoms with van der Waals surface area (Å²) in [7, 11) is 0. The Morgan fingerprint density at radius 3 is 2.44 bits per heavy atom. The van der Waals surface area contributed by atoms with E-state index in [1.165, 1.54) is 0 Å². The lowest BCUT2D eigenvalue weighted by Gasteiger charge is -2.27. The van der Waals surface area contributed by atoms with Crippen LogP contribution in [0.5, 0.6) is 0 Å². The molecule has 6 heteroatoms. The van der Waals surface area contributed by atoms with E-state index in [9.17, 15) is 5.11 Å². The zero-order valence-corrected chi connectivity index (χ0v) is 16.6.